The number of allylic oxidation sites excluding steroid dienone is 1. The molecular weight excluding hydrogens is 248 g/mol. The summed E-state index contributed by atoms with van der Waals surface area (Å²) in [5.74, 6) is -0.196. The zero-order valence-corrected chi connectivity index (χ0v) is 11.4. The average Bonchev–Trinajstić information content (AvgIpc) is 2.52. The predicted molar refractivity (Wildman–Crippen MR) is 80.1 cm³/mol. The molecule has 0 aliphatic rings. The van der Waals surface area contributed by atoms with E-state index in [-0.39, 0.29) is 5.97 Å². The van der Waals surface area contributed by atoms with Gasteiger partial charge in [0.15, 0.2) is 0 Å². The van der Waals surface area contributed by atoms with Gasteiger partial charge >= 0.3 is 5.97 Å². The summed E-state index contributed by atoms with van der Waals surface area (Å²) in [6.45, 7) is 0.339. The summed E-state index contributed by atoms with van der Waals surface area (Å²) in [6.07, 6.45) is 5.02. The van der Waals surface area contributed by atoms with Crippen LogP contribution in [0.15, 0.2) is 72.8 Å². The van der Waals surface area contributed by atoms with Crippen LogP contribution in [0.3, 0.4) is 0 Å². The first kappa shape index (κ1) is 14.1. The maximum absolute atomic E-state index is 11.6. The van der Waals surface area contributed by atoms with Gasteiger partial charge in [0.2, 0.25) is 0 Å². The zero-order valence-electron chi connectivity index (χ0n) is 11.4. The SMILES string of the molecule is O=C(C/C=C\Cc1ccccc1)OCc1ccccc1. The topological polar surface area (TPSA) is 26.3 Å². The molecule has 0 aromatic heterocycles. The third-order valence-corrected chi connectivity index (χ3v) is 2.89. The fourth-order valence-electron chi connectivity index (χ4n) is 1.81. The fourth-order valence-corrected chi connectivity index (χ4v) is 1.81. The highest BCUT2D eigenvalue weighted by Gasteiger charge is 2.00. The minimum absolute atomic E-state index is 0.196. The molecular formula is C18H18O2. The summed E-state index contributed by atoms with van der Waals surface area (Å²) in [4.78, 5) is 11.6. The molecule has 0 N–H and O–H groups in total. The maximum Gasteiger partial charge on any atom is 0.309 e. The molecule has 0 saturated carbocycles. The van der Waals surface area contributed by atoms with Gasteiger partial charge in [-0.2, -0.15) is 0 Å². The van der Waals surface area contributed by atoms with Gasteiger partial charge in [-0.15, -0.1) is 0 Å². The highest BCUT2D eigenvalue weighted by atomic mass is 16.5. The van der Waals surface area contributed by atoms with Crippen molar-refractivity contribution < 1.29 is 9.53 Å². The normalized spacial score (nSPS) is 10.6. The van der Waals surface area contributed by atoms with Crippen molar-refractivity contribution in [2.24, 2.45) is 0 Å². The summed E-state index contributed by atoms with van der Waals surface area (Å²) in [5.41, 5.74) is 2.25. The number of carbonyl (C=O) groups is 1. The molecule has 0 aliphatic carbocycles. The molecule has 0 amide bonds. The van der Waals surface area contributed by atoms with E-state index in [2.05, 4.69) is 12.1 Å². The first-order valence-corrected chi connectivity index (χ1v) is 6.73. The zero-order chi connectivity index (χ0) is 14.0. The molecule has 0 bridgehead atoms. The Hall–Kier alpha value is -2.35. The number of hydrogen-bond acceptors (Lipinski definition) is 2. The van der Waals surface area contributed by atoms with Gasteiger partial charge in [0.05, 0.1) is 6.42 Å². The highest BCUT2D eigenvalue weighted by molar-refractivity contribution is 5.71. The summed E-state index contributed by atoms with van der Waals surface area (Å²) < 4.78 is 5.19. The van der Waals surface area contributed by atoms with Crippen LogP contribution in [-0.4, -0.2) is 5.97 Å². The number of rotatable bonds is 6. The second kappa shape index (κ2) is 7.95. The Kier molecular flexibility index (Phi) is 5.59. The van der Waals surface area contributed by atoms with Crippen molar-refractivity contribution in [3.63, 3.8) is 0 Å². The highest BCUT2D eigenvalue weighted by Crippen LogP contribution is 2.03. The number of ether oxygens (including phenoxy) is 1. The van der Waals surface area contributed by atoms with Crippen molar-refractivity contribution in [1.82, 2.24) is 0 Å². The Labute approximate surface area is 119 Å². The van der Waals surface area contributed by atoms with E-state index in [1.807, 2.05) is 60.7 Å². The van der Waals surface area contributed by atoms with E-state index < -0.39 is 0 Å². The minimum atomic E-state index is -0.196. The molecule has 0 unspecified atom stereocenters. The maximum atomic E-state index is 11.6. The molecule has 0 atom stereocenters. The van der Waals surface area contributed by atoms with Crippen LogP contribution in [0.25, 0.3) is 0 Å². The van der Waals surface area contributed by atoms with Crippen LogP contribution in [-0.2, 0) is 22.6 Å². The average molecular weight is 266 g/mol. The summed E-state index contributed by atoms with van der Waals surface area (Å²) in [7, 11) is 0. The molecule has 0 fully saturated rings. The molecule has 2 heteroatoms. The van der Waals surface area contributed by atoms with Crippen LogP contribution < -0.4 is 0 Å². The van der Waals surface area contributed by atoms with Gasteiger partial charge in [-0.05, 0) is 17.5 Å². The Morgan fingerprint density at radius 1 is 0.850 bits per heavy atom. The lowest BCUT2D eigenvalue weighted by Gasteiger charge is -2.02. The van der Waals surface area contributed by atoms with Gasteiger partial charge in [-0.3, -0.25) is 4.79 Å². The van der Waals surface area contributed by atoms with E-state index in [9.17, 15) is 4.79 Å². The summed E-state index contributed by atoms with van der Waals surface area (Å²) in [6, 6.07) is 19.8. The lowest BCUT2D eigenvalue weighted by molar-refractivity contribution is -0.143. The second-order valence-corrected chi connectivity index (χ2v) is 4.51. The number of benzene rings is 2. The van der Waals surface area contributed by atoms with Crippen molar-refractivity contribution in [2.45, 2.75) is 19.4 Å². The molecule has 20 heavy (non-hydrogen) atoms. The molecule has 0 heterocycles. The van der Waals surface area contributed by atoms with Crippen LogP contribution in [0.5, 0.6) is 0 Å². The molecule has 2 aromatic rings. The van der Waals surface area contributed by atoms with Crippen molar-refractivity contribution in [1.29, 1.82) is 0 Å². The van der Waals surface area contributed by atoms with Gasteiger partial charge < -0.3 is 4.74 Å². The third-order valence-electron chi connectivity index (χ3n) is 2.89. The Morgan fingerprint density at radius 2 is 1.45 bits per heavy atom. The van der Waals surface area contributed by atoms with E-state index in [0.717, 1.165) is 12.0 Å². The Morgan fingerprint density at radius 3 is 2.10 bits per heavy atom. The largest absolute Gasteiger partial charge is 0.461 e. The van der Waals surface area contributed by atoms with E-state index in [1.165, 1.54) is 5.56 Å². The number of esters is 1. The van der Waals surface area contributed by atoms with Gasteiger partial charge in [-0.1, -0.05) is 72.8 Å². The summed E-state index contributed by atoms with van der Waals surface area (Å²) in [5, 5.41) is 0. The Bertz CT molecular complexity index is 544. The molecule has 0 aliphatic heterocycles. The summed E-state index contributed by atoms with van der Waals surface area (Å²) >= 11 is 0. The quantitative estimate of drug-likeness (QED) is 0.585. The molecule has 0 spiro atoms. The van der Waals surface area contributed by atoms with Crippen LogP contribution in [0.2, 0.25) is 0 Å². The lowest BCUT2D eigenvalue weighted by atomic mass is 10.1. The van der Waals surface area contributed by atoms with Crippen LogP contribution in [0.4, 0.5) is 0 Å². The molecule has 2 aromatic carbocycles. The van der Waals surface area contributed by atoms with Crippen molar-refractivity contribution >= 4 is 5.97 Å². The van der Waals surface area contributed by atoms with Gasteiger partial charge in [-0.25, -0.2) is 0 Å². The number of hydrogen-bond donors (Lipinski definition) is 0. The van der Waals surface area contributed by atoms with E-state index >= 15 is 0 Å². The van der Waals surface area contributed by atoms with Crippen LogP contribution in [0, 0.1) is 0 Å². The van der Waals surface area contributed by atoms with E-state index in [4.69, 9.17) is 4.74 Å². The third kappa shape index (κ3) is 5.11. The van der Waals surface area contributed by atoms with Crippen molar-refractivity contribution in [3.05, 3.63) is 83.9 Å². The minimum Gasteiger partial charge on any atom is -0.461 e. The first-order valence-electron chi connectivity index (χ1n) is 6.73. The molecule has 2 nitrogen and oxygen atoms in total. The second-order valence-electron chi connectivity index (χ2n) is 4.51. The number of carbonyl (C=O) groups excluding carboxylic acids is 1. The monoisotopic (exact) mass is 266 g/mol. The molecule has 102 valence electrons. The van der Waals surface area contributed by atoms with Crippen molar-refractivity contribution in [2.75, 3.05) is 0 Å². The molecule has 2 rings (SSSR count). The molecule has 0 radical (unpaired) electrons. The Balaban J connectivity index is 1.67. The molecule has 0 saturated heterocycles. The lowest BCUT2D eigenvalue weighted by Crippen LogP contribution is -2.02. The van der Waals surface area contributed by atoms with Gasteiger partial charge in [0.25, 0.3) is 0 Å². The first-order chi connectivity index (χ1) is 9.84. The predicted octanol–water partition coefficient (Wildman–Crippen LogP) is 3.92. The standard InChI is InChI=1S/C18H18O2/c19-18(20-15-17-12-5-2-6-13-17)14-8-7-11-16-9-3-1-4-10-16/h1-10,12-13H,11,14-15H2/b8-7-. The van der Waals surface area contributed by atoms with Gasteiger partial charge in [0.1, 0.15) is 6.61 Å². The smallest absolute Gasteiger partial charge is 0.309 e. The van der Waals surface area contributed by atoms with E-state index in [1.54, 1.807) is 0 Å². The van der Waals surface area contributed by atoms with E-state index in [0.29, 0.717) is 13.0 Å². The van der Waals surface area contributed by atoms with Crippen molar-refractivity contribution in [3.8, 4) is 0 Å². The van der Waals surface area contributed by atoms with Crippen LogP contribution in [0.1, 0.15) is 17.5 Å². The fraction of sp³-hybridized carbons (Fsp3) is 0.167. The van der Waals surface area contributed by atoms with Gasteiger partial charge in [0, 0.05) is 0 Å². The van der Waals surface area contributed by atoms with Crippen LogP contribution >= 0.6 is 0 Å².